The first-order valence-corrected chi connectivity index (χ1v) is 7.24. The van der Waals surface area contributed by atoms with E-state index < -0.39 is 0 Å². The maximum Gasteiger partial charge on any atom is 0.121 e. The van der Waals surface area contributed by atoms with Crippen molar-refractivity contribution in [2.24, 2.45) is 0 Å². The van der Waals surface area contributed by atoms with Gasteiger partial charge in [-0.15, -0.1) is 0 Å². The molecule has 0 bridgehead atoms. The van der Waals surface area contributed by atoms with Gasteiger partial charge in [-0.05, 0) is 49.7 Å². The van der Waals surface area contributed by atoms with Crippen molar-refractivity contribution >= 4 is 28.9 Å². The van der Waals surface area contributed by atoms with Gasteiger partial charge < -0.3 is 10.1 Å². The minimum absolute atomic E-state index is 0.164. The molecule has 2 aromatic carbocycles. The second kappa shape index (κ2) is 6.87. The van der Waals surface area contributed by atoms with E-state index in [2.05, 4.69) is 5.32 Å². The summed E-state index contributed by atoms with van der Waals surface area (Å²) in [5, 5.41) is 4.62. The number of hydrogen-bond acceptors (Lipinski definition) is 2. The molecule has 0 radical (unpaired) electrons. The lowest BCUT2D eigenvalue weighted by molar-refractivity contribution is 0.242. The van der Waals surface area contributed by atoms with Gasteiger partial charge >= 0.3 is 0 Å². The predicted molar refractivity (Wildman–Crippen MR) is 86.0 cm³/mol. The summed E-state index contributed by atoms with van der Waals surface area (Å²) < 4.78 is 5.66. The van der Waals surface area contributed by atoms with Gasteiger partial charge in [-0.25, -0.2) is 0 Å². The Morgan fingerprint density at radius 2 is 1.75 bits per heavy atom. The fourth-order valence-corrected chi connectivity index (χ4v) is 2.44. The van der Waals surface area contributed by atoms with Gasteiger partial charge in [0, 0.05) is 28.3 Å². The van der Waals surface area contributed by atoms with Crippen LogP contribution in [0.15, 0.2) is 42.5 Å². The van der Waals surface area contributed by atoms with E-state index in [0.717, 1.165) is 17.0 Å². The quantitative estimate of drug-likeness (QED) is 0.799. The summed E-state index contributed by atoms with van der Waals surface area (Å²) in [4.78, 5) is 0. The molecule has 0 amide bonds. The van der Waals surface area contributed by atoms with Crippen molar-refractivity contribution in [1.29, 1.82) is 0 Å². The smallest absolute Gasteiger partial charge is 0.121 e. The molecular weight excluding hydrogens is 293 g/mol. The van der Waals surface area contributed by atoms with Crippen molar-refractivity contribution in [3.63, 3.8) is 0 Å². The van der Waals surface area contributed by atoms with Crippen molar-refractivity contribution in [2.75, 3.05) is 5.32 Å². The topological polar surface area (TPSA) is 21.3 Å². The lowest BCUT2D eigenvalue weighted by atomic mass is 10.2. The molecule has 0 saturated heterocycles. The third kappa shape index (κ3) is 4.62. The Kier molecular flexibility index (Phi) is 5.16. The van der Waals surface area contributed by atoms with E-state index in [0.29, 0.717) is 16.6 Å². The van der Waals surface area contributed by atoms with Crippen molar-refractivity contribution in [3.05, 3.63) is 58.1 Å². The zero-order valence-corrected chi connectivity index (χ0v) is 13.0. The molecule has 0 aliphatic rings. The zero-order chi connectivity index (χ0) is 14.5. The van der Waals surface area contributed by atoms with Crippen LogP contribution in [0.25, 0.3) is 0 Å². The van der Waals surface area contributed by atoms with Crippen LogP contribution in [0.5, 0.6) is 5.75 Å². The van der Waals surface area contributed by atoms with Gasteiger partial charge in [0.05, 0.1) is 6.10 Å². The van der Waals surface area contributed by atoms with Crippen LogP contribution in [0.3, 0.4) is 0 Å². The lowest BCUT2D eigenvalue weighted by Gasteiger charge is -2.12. The summed E-state index contributed by atoms with van der Waals surface area (Å²) in [5.41, 5.74) is 2.04. The molecule has 0 spiro atoms. The molecule has 20 heavy (non-hydrogen) atoms. The molecule has 2 aromatic rings. The van der Waals surface area contributed by atoms with Crippen LogP contribution in [0.1, 0.15) is 19.4 Å². The number of halogens is 2. The van der Waals surface area contributed by atoms with Crippen molar-refractivity contribution < 1.29 is 4.74 Å². The first-order valence-electron chi connectivity index (χ1n) is 6.48. The maximum absolute atomic E-state index is 5.98. The van der Waals surface area contributed by atoms with Crippen molar-refractivity contribution in [3.8, 4) is 5.75 Å². The largest absolute Gasteiger partial charge is 0.491 e. The van der Waals surface area contributed by atoms with Gasteiger partial charge in [0.15, 0.2) is 0 Å². The van der Waals surface area contributed by atoms with Crippen LogP contribution in [0, 0.1) is 0 Å². The molecule has 0 aliphatic carbocycles. The van der Waals surface area contributed by atoms with E-state index in [1.165, 1.54) is 0 Å². The third-order valence-electron chi connectivity index (χ3n) is 2.62. The Morgan fingerprint density at radius 1 is 1.05 bits per heavy atom. The average Bonchev–Trinajstić information content (AvgIpc) is 2.35. The number of nitrogens with one attached hydrogen (secondary N) is 1. The molecule has 4 heteroatoms. The first kappa shape index (κ1) is 15.0. The molecule has 2 nitrogen and oxygen atoms in total. The number of benzene rings is 2. The number of ether oxygens (including phenoxy) is 1. The van der Waals surface area contributed by atoms with Gasteiger partial charge in [0.2, 0.25) is 0 Å². The molecule has 0 aromatic heterocycles. The number of rotatable bonds is 5. The van der Waals surface area contributed by atoms with Crippen LogP contribution < -0.4 is 10.1 Å². The molecule has 0 fully saturated rings. The highest BCUT2D eigenvalue weighted by Gasteiger charge is 2.01. The van der Waals surface area contributed by atoms with Crippen LogP contribution in [-0.2, 0) is 6.54 Å². The van der Waals surface area contributed by atoms with Crippen LogP contribution in [0.4, 0.5) is 5.69 Å². The van der Waals surface area contributed by atoms with Gasteiger partial charge in [-0.2, -0.15) is 0 Å². The van der Waals surface area contributed by atoms with Gasteiger partial charge in [0.25, 0.3) is 0 Å². The molecule has 2 rings (SSSR count). The summed E-state index contributed by atoms with van der Waals surface area (Å²) >= 11 is 12.0. The van der Waals surface area contributed by atoms with E-state index >= 15 is 0 Å². The van der Waals surface area contributed by atoms with E-state index in [1.54, 1.807) is 6.07 Å². The summed E-state index contributed by atoms with van der Waals surface area (Å²) in [6.07, 6.45) is 0.164. The second-order valence-electron chi connectivity index (χ2n) is 4.83. The van der Waals surface area contributed by atoms with E-state index in [4.69, 9.17) is 27.9 Å². The Hall–Kier alpha value is -1.38. The number of hydrogen-bond donors (Lipinski definition) is 1. The van der Waals surface area contributed by atoms with Crippen molar-refractivity contribution in [1.82, 2.24) is 0 Å². The molecule has 1 N–H and O–H groups in total. The zero-order valence-electron chi connectivity index (χ0n) is 11.5. The highest BCUT2D eigenvalue weighted by Crippen LogP contribution is 2.22. The predicted octanol–water partition coefficient (Wildman–Crippen LogP) is 5.39. The first-order chi connectivity index (χ1) is 9.52. The summed E-state index contributed by atoms with van der Waals surface area (Å²) in [6.45, 7) is 4.67. The number of anilines is 1. The summed E-state index contributed by atoms with van der Waals surface area (Å²) in [7, 11) is 0. The third-order valence-corrected chi connectivity index (χ3v) is 3.06. The van der Waals surface area contributed by atoms with Gasteiger partial charge in [-0.3, -0.25) is 0 Å². The van der Waals surface area contributed by atoms with Crippen LogP contribution >= 0.6 is 23.2 Å². The van der Waals surface area contributed by atoms with Gasteiger partial charge in [0.1, 0.15) is 5.75 Å². The molecule has 0 atom stereocenters. The molecule has 0 saturated carbocycles. The van der Waals surface area contributed by atoms with E-state index in [9.17, 15) is 0 Å². The highest BCUT2D eigenvalue weighted by atomic mass is 35.5. The molecule has 106 valence electrons. The molecular formula is C16H17Cl2NO. The van der Waals surface area contributed by atoms with Crippen molar-refractivity contribution in [2.45, 2.75) is 26.5 Å². The summed E-state index contributed by atoms with van der Waals surface area (Å²) in [6, 6.07) is 13.4. The molecule has 0 heterocycles. The average molecular weight is 310 g/mol. The minimum atomic E-state index is 0.164. The highest BCUT2D eigenvalue weighted by molar-refractivity contribution is 6.34. The monoisotopic (exact) mass is 309 g/mol. The standard InChI is InChI=1S/C16H17Cl2NO/c1-11(2)20-16-5-3-4-15(9-16)19-10-12-6-13(17)8-14(18)7-12/h3-9,11,19H,10H2,1-2H3. The van der Waals surface area contributed by atoms with Gasteiger partial charge in [-0.1, -0.05) is 29.3 Å². The summed E-state index contributed by atoms with van der Waals surface area (Å²) in [5.74, 6) is 0.856. The fourth-order valence-electron chi connectivity index (χ4n) is 1.87. The van der Waals surface area contributed by atoms with E-state index in [1.807, 2.05) is 50.2 Å². The Labute approximate surface area is 129 Å². The SMILES string of the molecule is CC(C)Oc1cccc(NCc2cc(Cl)cc(Cl)c2)c1. The maximum atomic E-state index is 5.98. The fraction of sp³-hybridized carbons (Fsp3) is 0.250. The normalized spacial score (nSPS) is 10.7. The Balaban J connectivity index is 2.03. The Bertz CT molecular complexity index is 564. The molecule has 0 unspecified atom stereocenters. The van der Waals surface area contributed by atoms with E-state index in [-0.39, 0.29) is 6.10 Å². The molecule has 0 aliphatic heterocycles. The Morgan fingerprint density at radius 3 is 2.40 bits per heavy atom. The minimum Gasteiger partial charge on any atom is -0.491 e. The van der Waals surface area contributed by atoms with Crippen LogP contribution in [-0.4, -0.2) is 6.10 Å². The van der Waals surface area contributed by atoms with Crippen LogP contribution in [0.2, 0.25) is 10.0 Å². The second-order valence-corrected chi connectivity index (χ2v) is 5.70. The lowest BCUT2D eigenvalue weighted by Crippen LogP contribution is -2.06.